The molecule has 1 amide bonds. The summed E-state index contributed by atoms with van der Waals surface area (Å²) in [5.41, 5.74) is 5.27. The molecular weight excluding hydrogens is 346 g/mol. The van der Waals surface area contributed by atoms with Crippen molar-refractivity contribution in [1.29, 1.82) is 0 Å². The van der Waals surface area contributed by atoms with Gasteiger partial charge in [0.15, 0.2) is 6.61 Å². The SMILES string of the molecule is CC(C)(N)CNC(=O)COc1cc(Cl)c(Cl)cc1Cl.Cl. The van der Waals surface area contributed by atoms with Crippen LogP contribution >= 0.6 is 47.2 Å². The van der Waals surface area contributed by atoms with Crippen molar-refractivity contribution in [3.05, 3.63) is 27.2 Å². The van der Waals surface area contributed by atoms with Gasteiger partial charge in [-0.25, -0.2) is 0 Å². The van der Waals surface area contributed by atoms with Gasteiger partial charge in [0, 0.05) is 18.2 Å². The van der Waals surface area contributed by atoms with Gasteiger partial charge < -0.3 is 15.8 Å². The summed E-state index contributed by atoms with van der Waals surface area (Å²) < 4.78 is 5.27. The van der Waals surface area contributed by atoms with Crippen LogP contribution in [-0.2, 0) is 4.79 Å². The predicted molar refractivity (Wildman–Crippen MR) is 85.5 cm³/mol. The first-order chi connectivity index (χ1) is 8.69. The lowest BCUT2D eigenvalue weighted by atomic mass is 10.1. The number of nitrogens with one attached hydrogen (secondary N) is 1. The summed E-state index contributed by atoms with van der Waals surface area (Å²) in [7, 11) is 0. The van der Waals surface area contributed by atoms with E-state index in [0.717, 1.165) is 0 Å². The summed E-state index contributed by atoms with van der Waals surface area (Å²) >= 11 is 17.5. The Kier molecular flexibility index (Phi) is 7.99. The number of rotatable bonds is 5. The molecule has 0 aliphatic rings. The van der Waals surface area contributed by atoms with Gasteiger partial charge in [-0.3, -0.25) is 4.79 Å². The molecule has 0 radical (unpaired) electrons. The lowest BCUT2D eigenvalue weighted by Crippen LogP contribution is -2.46. The molecule has 0 saturated carbocycles. The summed E-state index contributed by atoms with van der Waals surface area (Å²) in [6, 6.07) is 2.92. The summed E-state index contributed by atoms with van der Waals surface area (Å²) in [4.78, 5) is 11.5. The van der Waals surface area contributed by atoms with Crippen LogP contribution in [0.5, 0.6) is 5.75 Å². The number of nitrogens with two attached hydrogens (primary N) is 1. The van der Waals surface area contributed by atoms with Gasteiger partial charge in [0.2, 0.25) is 0 Å². The first-order valence-corrected chi connectivity index (χ1v) is 6.65. The summed E-state index contributed by atoms with van der Waals surface area (Å²) in [6.45, 7) is 3.80. The fraction of sp³-hybridized carbons (Fsp3) is 0.417. The molecule has 0 heterocycles. The average Bonchev–Trinajstić information content (AvgIpc) is 2.28. The van der Waals surface area contributed by atoms with Crippen LogP contribution in [-0.4, -0.2) is 24.6 Å². The maximum atomic E-state index is 11.5. The van der Waals surface area contributed by atoms with E-state index in [1.807, 2.05) is 13.8 Å². The molecule has 0 aliphatic heterocycles. The maximum absolute atomic E-state index is 11.5. The van der Waals surface area contributed by atoms with E-state index in [1.54, 1.807) is 0 Å². The molecule has 0 atom stereocenters. The fourth-order valence-electron chi connectivity index (χ4n) is 1.14. The van der Waals surface area contributed by atoms with Crippen LogP contribution in [0.4, 0.5) is 0 Å². The zero-order valence-corrected chi connectivity index (χ0v) is 14.1. The van der Waals surface area contributed by atoms with Gasteiger partial charge in [0.25, 0.3) is 5.91 Å². The van der Waals surface area contributed by atoms with Crippen molar-refractivity contribution in [3.63, 3.8) is 0 Å². The van der Waals surface area contributed by atoms with Gasteiger partial charge in [-0.2, -0.15) is 0 Å². The smallest absolute Gasteiger partial charge is 0.258 e. The van der Waals surface area contributed by atoms with E-state index in [4.69, 9.17) is 45.3 Å². The molecule has 0 aliphatic carbocycles. The Bertz CT molecular complexity index is 475. The van der Waals surface area contributed by atoms with Crippen molar-refractivity contribution in [1.82, 2.24) is 5.32 Å². The highest BCUT2D eigenvalue weighted by atomic mass is 35.5. The molecule has 0 saturated heterocycles. The number of halogens is 4. The molecule has 1 aromatic carbocycles. The van der Waals surface area contributed by atoms with E-state index < -0.39 is 5.54 Å². The van der Waals surface area contributed by atoms with Crippen LogP contribution in [0.25, 0.3) is 0 Å². The number of hydrogen-bond acceptors (Lipinski definition) is 3. The standard InChI is InChI=1S/C12H15Cl3N2O2.ClH/c1-12(2,16)6-17-11(18)5-19-10-4-8(14)7(13)3-9(10)15;/h3-4H,5-6,16H2,1-2H3,(H,17,18);1H. The molecule has 1 aromatic rings. The molecule has 20 heavy (non-hydrogen) atoms. The predicted octanol–water partition coefficient (Wildman–Crippen LogP) is 3.30. The minimum atomic E-state index is -0.475. The highest BCUT2D eigenvalue weighted by Crippen LogP contribution is 2.33. The number of carbonyl (C=O) groups excluding carboxylic acids is 1. The topological polar surface area (TPSA) is 64.3 Å². The summed E-state index contributed by atoms with van der Waals surface area (Å²) in [5.74, 6) is 0.0129. The minimum Gasteiger partial charge on any atom is -0.482 e. The average molecular weight is 362 g/mol. The van der Waals surface area contributed by atoms with E-state index in [9.17, 15) is 4.79 Å². The van der Waals surface area contributed by atoms with Gasteiger partial charge in [0.05, 0.1) is 15.1 Å². The first-order valence-electron chi connectivity index (χ1n) is 5.52. The van der Waals surface area contributed by atoms with Gasteiger partial charge in [-0.15, -0.1) is 12.4 Å². The van der Waals surface area contributed by atoms with E-state index in [-0.39, 0.29) is 24.9 Å². The van der Waals surface area contributed by atoms with Crippen LogP contribution < -0.4 is 15.8 Å². The molecule has 114 valence electrons. The largest absolute Gasteiger partial charge is 0.482 e. The number of amides is 1. The highest BCUT2D eigenvalue weighted by molar-refractivity contribution is 6.43. The monoisotopic (exact) mass is 360 g/mol. The van der Waals surface area contributed by atoms with Crippen LogP contribution in [0.2, 0.25) is 15.1 Å². The molecule has 8 heteroatoms. The molecule has 0 bridgehead atoms. The second-order valence-electron chi connectivity index (χ2n) is 4.75. The normalized spacial score (nSPS) is 10.7. The minimum absolute atomic E-state index is 0. The Balaban J connectivity index is 0.00000361. The van der Waals surface area contributed by atoms with Crippen molar-refractivity contribution in [2.75, 3.05) is 13.2 Å². The second-order valence-corrected chi connectivity index (χ2v) is 5.97. The molecular formula is C12H16Cl4N2O2. The summed E-state index contributed by atoms with van der Waals surface area (Å²) in [6.07, 6.45) is 0. The number of carbonyl (C=O) groups is 1. The van der Waals surface area contributed by atoms with Crippen molar-refractivity contribution in [3.8, 4) is 5.75 Å². The number of benzene rings is 1. The van der Waals surface area contributed by atoms with Crippen LogP contribution in [0.3, 0.4) is 0 Å². The van der Waals surface area contributed by atoms with E-state index in [1.165, 1.54) is 12.1 Å². The third-order valence-corrected chi connectivity index (χ3v) is 3.09. The zero-order chi connectivity index (χ0) is 14.6. The highest BCUT2D eigenvalue weighted by Gasteiger charge is 2.13. The van der Waals surface area contributed by atoms with E-state index in [0.29, 0.717) is 27.4 Å². The van der Waals surface area contributed by atoms with Gasteiger partial charge in [0.1, 0.15) is 5.75 Å². The Morgan fingerprint density at radius 2 is 1.80 bits per heavy atom. The zero-order valence-electron chi connectivity index (χ0n) is 11.0. The van der Waals surface area contributed by atoms with Crippen molar-refractivity contribution in [2.24, 2.45) is 5.73 Å². The van der Waals surface area contributed by atoms with Gasteiger partial charge in [-0.1, -0.05) is 34.8 Å². The number of hydrogen-bond donors (Lipinski definition) is 2. The fourth-order valence-corrected chi connectivity index (χ4v) is 1.73. The van der Waals surface area contributed by atoms with E-state index >= 15 is 0 Å². The quantitative estimate of drug-likeness (QED) is 0.791. The van der Waals surface area contributed by atoms with Crippen LogP contribution in [0.1, 0.15) is 13.8 Å². The third-order valence-electron chi connectivity index (χ3n) is 2.07. The van der Waals surface area contributed by atoms with Gasteiger partial charge >= 0.3 is 0 Å². The second kappa shape index (κ2) is 8.15. The summed E-state index contributed by atoms with van der Waals surface area (Å²) in [5, 5.41) is 3.58. The Morgan fingerprint density at radius 3 is 2.35 bits per heavy atom. The number of ether oxygens (including phenoxy) is 1. The lowest BCUT2D eigenvalue weighted by molar-refractivity contribution is -0.123. The van der Waals surface area contributed by atoms with Gasteiger partial charge in [-0.05, 0) is 19.9 Å². The first kappa shape index (κ1) is 19.6. The Morgan fingerprint density at radius 1 is 1.25 bits per heavy atom. The molecule has 0 aromatic heterocycles. The molecule has 3 N–H and O–H groups in total. The van der Waals surface area contributed by atoms with Crippen molar-refractivity contribution < 1.29 is 9.53 Å². The van der Waals surface area contributed by atoms with Crippen LogP contribution in [0.15, 0.2) is 12.1 Å². The van der Waals surface area contributed by atoms with E-state index in [2.05, 4.69) is 5.32 Å². The van der Waals surface area contributed by atoms with Crippen LogP contribution in [0, 0.1) is 0 Å². The third kappa shape index (κ3) is 6.86. The molecule has 4 nitrogen and oxygen atoms in total. The molecule has 0 spiro atoms. The molecule has 1 rings (SSSR count). The molecule has 0 unspecified atom stereocenters. The lowest BCUT2D eigenvalue weighted by Gasteiger charge is -2.19. The maximum Gasteiger partial charge on any atom is 0.258 e. The molecule has 0 fully saturated rings. The van der Waals surface area contributed by atoms with Crippen molar-refractivity contribution >= 4 is 53.1 Å². The Hall–Kier alpha value is -0.390. The van der Waals surface area contributed by atoms with Crippen molar-refractivity contribution in [2.45, 2.75) is 19.4 Å². The Labute approximate surface area is 139 Å².